The van der Waals surface area contributed by atoms with Crippen LogP contribution in [0.2, 0.25) is 0 Å². The summed E-state index contributed by atoms with van der Waals surface area (Å²) in [5.74, 6) is 0.115. The summed E-state index contributed by atoms with van der Waals surface area (Å²) in [6.07, 6.45) is 6.85. The SMILES string of the molecule is CC(C)Cn1nc(C(=O)NC2CCCCCC2)c2ccccc2c1=O. The molecule has 0 saturated heterocycles. The average Bonchev–Trinajstić information content (AvgIpc) is 2.85. The molecule has 2 aromatic rings. The number of carbonyl (C=O) groups is 1. The highest BCUT2D eigenvalue weighted by Crippen LogP contribution is 2.19. The maximum absolute atomic E-state index is 12.9. The molecule has 0 radical (unpaired) electrons. The number of nitrogens with one attached hydrogen (secondary N) is 1. The van der Waals surface area contributed by atoms with Gasteiger partial charge in [-0.05, 0) is 24.8 Å². The molecular weight excluding hydrogens is 314 g/mol. The van der Waals surface area contributed by atoms with Gasteiger partial charge in [-0.1, -0.05) is 57.7 Å². The molecule has 1 aromatic heterocycles. The van der Waals surface area contributed by atoms with E-state index in [2.05, 4.69) is 10.4 Å². The predicted molar refractivity (Wildman–Crippen MR) is 99.8 cm³/mol. The first-order chi connectivity index (χ1) is 12.1. The average molecular weight is 341 g/mol. The third-order valence-electron chi connectivity index (χ3n) is 4.81. The second kappa shape index (κ2) is 7.81. The Kier molecular flexibility index (Phi) is 5.51. The Labute approximate surface area is 148 Å². The highest BCUT2D eigenvalue weighted by molar-refractivity contribution is 6.04. The van der Waals surface area contributed by atoms with E-state index in [9.17, 15) is 9.59 Å². The van der Waals surface area contributed by atoms with E-state index >= 15 is 0 Å². The zero-order chi connectivity index (χ0) is 17.8. The van der Waals surface area contributed by atoms with E-state index in [0.29, 0.717) is 23.0 Å². The first kappa shape index (κ1) is 17.6. The van der Waals surface area contributed by atoms with Crippen molar-refractivity contribution in [3.8, 4) is 0 Å². The number of aromatic nitrogens is 2. The number of amides is 1. The molecule has 5 nitrogen and oxygen atoms in total. The maximum Gasteiger partial charge on any atom is 0.274 e. The van der Waals surface area contributed by atoms with Gasteiger partial charge in [-0.3, -0.25) is 9.59 Å². The fourth-order valence-electron chi connectivity index (χ4n) is 3.55. The molecule has 0 bridgehead atoms. The Bertz CT molecular complexity index is 802. The van der Waals surface area contributed by atoms with E-state index in [0.717, 1.165) is 25.7 Å². The van der Waals surface area contributed by atoms with E-state index in [4.69, 9.17) is 0 Å². The van der Waals surface area contributed by atoms with Gasteiger partial charge in [-0.15, -0.1) is 0 Å². The molecule has 1 aromatic carbocycles. The van der Waals surface area contributed by atoms with Crippen LogP contribution in [0.4, 0.5) is 0 Å². The number of hydrogen-bond acceptors (Lipinski definition) is 3. The smallest absolute Gasteiger partial charge is 0.274 e. The van der Waals surface area contributed by atoms with Crippen molar-refractivity contribution in [2.45, 2.75) is 65.0 Å². The van der Waals surface area contributed by atoms with Crippen LogP contribution in [-0.4, -0.2) is 21.7 Å². The Morgan fingerprint density at radius 3 is 2.44 bits per heavy atom. The largest absolute Gasteiger partial charge is 0.348 e. The van der Waals surface area contributed by atoms with Crippen molar-refractivity contribution in [2.75, 3.05) is 0 Å². The van der Waals surface area contributed by atoms with Gasteiger partial charge in [-0.25, -0.2) is 4.68 Å². The molecule has 0 aliphatic heterocycles. The topological polar surface area (TPSA) is 64.0 Å². The lowest BCUT2D eigenvalue weighted by Crippen LogP contribution is -2.37. The van der Waals surface area contributed by atoms with E-state index in [1.807, 2.05) is 32.0 Å². The Morgan fingerprint density at radius 2 is 1.80 bits per heavy atom. The summed E-state index contributed by atoms with van der Waals surface area (Å²) in [6, 6.07) is 7.47. The lowest BCUT2D eigenvalue weighted by Gasteiger charge is -2.17. The fraction of sp³-hybridized carbons (Fsp3) is 0.550. The molecule has 1 aliphatic rings. The normalized spacial score (nSPS) is 16.1. The van der Waals surface area contributed by atoms with Crippen LogP contribution in [0.25, 0.3) is 10.8 Å². The summed E-state index contributed by atoms with van der Waals surface area (Å²) < 4.78 is 1.44. The summed E-state index contributed by atoms with van der Waals surface area (Å²) in [6.45, 7) is 4.58. The molecule has 1 amide bonds. The Morgan fingerprint density at radius 1 is 1.16 bits per heavy atom. The van der Waals surface area contributed by atoms with Crippen molar-refractivity contribution < 1.29 is 4.79 Å². The van der Waals surface area contributed by atoms with E-state index < -0.39 is 0 Å². The summed E-state index contributed by atoms with van der Waals surface area (Å²) in [5.41, 5.74) is 0.232. The lowest BCUT2D eigenvalue weighted by atomic mass is 10.1. The number of carbonyl (C=O) groups excluding carboxylic acids is 1. The highest BCUT2D eigenvalue weighted by atomic mass is 16.2. The number of nitrogens with zero attached hydrogens (tertiary/aromatic N) is 2. The first-order valence-corrected chi connectivity index (χ1v) is 9.37. The quantitative estimate of drug-likeness (QED) is 0.866. The monoisotopic (exact) mass is 341 g/mol. The molecule has 5 heteroatoms. The molecule has 134 valence electrons. The molecular formula is C20H27N3O2. The summed E-state index contributed by atoms with van der Waals surface area (Å²) in [4.78, 5) is 25.5. The van der Waals surface area contributed by atoms with Crippen LogP contribution in [0.5, 0.6) is 0 Å². The van der Waals surface area contributed by atoms with Crippen molar-refractivity contribution in [2.24, 2.45) is 5.92 Å². The van der Waals surface area contributed by atoms with Crippen LogP contribution in [0.15, 0.2) is 29.1 Å². The molecule has 0 atom stereocenters. The third-order valence-corrected chi connectivity index (χ3v) is 4.81. The second-order valence-electron chi connectivity index (χ2n) is 7.44. The number of rotatable bonds is 4. The van der Waals surface area contributed by atoms with E-state index in [1.165, 1.54) is 17.5 Å². The van der Waals surface area contributed by atoms with Gasteiger partial charge in [0, 0.05) is 18.0 Å². The molecule has 1 fully saturated rings. The summed E-state index contributed by atoms with van der Waals surface area (Å²) >= 11 is 0. The van der Waals surface area contributed by atoms with Gasteiger partial charge in [-0.2, -0.15) is 5.10 Å². The first-order valence-electron chi connectivity index (χ1n) is 9.37. The zero-order valence-corrected chi connectivity index (χ0v) is 15.1. The van der Waals surface area contributed by atoms with Crippen molar-refractivity contribution in [1.29, 1.82) is 0 Å². The minimum absolute atomic E-state index is 0.129. The van der Waals surface area contributed by atoms with Crippen LogP contribution >= 0.6 is 0 Å². The van der Waals surface area contributed by atoms with Gasteiger partial charge in [0.1, 0.15) is 0 Å². The summed E-state index contributed by atoms with van der Waals surface area (Å²) in [7, 11) is 0. The van der Waals surface area contributed by atoms with Crippen LogP contribution in [-0.2, 0) is 6.54 Å². The van der Waals surface area contributed by atoms with Crippen molar-refractivity contribution in [3.05, 3.63) is 40.3 Å². The minimum atomic E-state index is -0.166. The van der Waals surface area contributed by atoms with Crippen LogP contribution in [0, 0.1) is 5.92 Å². The fourth-order valence-corrected chi connectivity index (χ4v) is 3.55. The standard InChI is InChI=1S/C20H27N3O2/c1-14(2)13-23-20(25)17-12-8-7-11-16(17)18(22-23)19(24)21-15-9-5-3-4-6-10-15/h7-8,11-12,14-15H,3-6,9-10,13H2,1-2H3,(H,21,24). The molecule has 1 heterocycles. The molecule has 25 heavy (non-hydrogen) atoms. The van der Waals surface area contributed by atoms with Gasteiger partial charge < -0.3 is 5.32 Å². The number of hydrogen-bond donors (Lipinski definition) is 1. The number of fused-ring (bicyclic) bond motifs is 1. The van der Waals surface area contributed by atoms with Crippen LogP contribution in [0.1, 0.15) is 62.9 Å². The maximum atomic E-state index is 12.9. The zero-order valence-electron chi connectivity index (χ0n) is 15.1. The van der Waals surface area contributed by atoms with Crippen LogP contribution in [0.3, 0.4) is 0 Å². The van der Waals surface area contributed by atoms with Crippen molar-refractivity contribution in [3.63, 3.8) is 0 Å². The highest BCUT2D eigenvalue weighted by Gasteiger charge is 2.20. The Hall–Kier alpha value is -2.17. The Balaban J connectivity index is 1.97. The molecule has 1 saturated carbocycles. The van der Waals surface area contributed by atoms with Gasteiger partial charge in [0.05, 0.1) is 5.39 Å². The molecule has 3 rings (SSSR count). The van der Waals surface area contributed by atoms with E-state index in [-0.39, 0.29) is 23.4 Å². The molecule has 0 unspecified atom stereocenters. The van der Waals surface area contributed by atoms with Gasteiger partial charge in [0.25, 0.3) is 11.5 Å². The minimum Gasteiger partial charge on any atom is -0.348 e. The molecule has 1 aliphatic carbocycles. The number of benzene rings is 1. The van der Waals surface area contributed by atoms with Crippen molar-refractivity contribution in [1.82, 2.24) is 15.1 Å². The van der Waals surface area contributed by atoms with Crippen molar-refractivity contribution >= 4 is 16.7 Å². The van der Waals surface area contributed by atoms with Gasteiger partial charge >= 0.3 is 0 Å². The second-order valence-corrected chi connectivity index (χ2v) is 7.44. The summed E-state index contributed by atoms with van der Waals surface area (Å²) in [5, 5.41) is 8.77. The molecule has 0 spiro atoms. The van der Waals surface area contributed by atoms with Crippen LogP contribution < -0.4 is 10.9 Å². The lowest BCUT2D eigenvalue weighted by molar-refractivity contribution is 0.0927. The van der Waals surface area contributed by atoms with Gasteiger partial charge in [0.2, 0.25) is 0 Å². The van der Waals surface area contributed by atoms with Gasteiger partial charge in [0.15, 0.2) is 5.69 Å². The predicted octanol–water partition coefficient (Wildman–Crippen LogP) is 3.51. The third kappa shape index (κ3) is 4.09. The van der Waals surface area contributed by atoms with E-state index in [1.54, 1.807) is 6.07 Å². The molecule has 1 N–H and O–H groups in total.